The largest absolute Gasteiger partial charge is 0.366 e. The van der Waals surface area contributed by atoms with Crippen LogP contribution in [-0.4, -0.2) is 12.9 Å². The van der Waals surface area contributed by atoms with Crippen molar-refractivity contribution < 1.29 is 27.1 Å². The van der Waals surface area contributed by atoms with E-state index in [9.17, 15) is 22.4 Å². The number of ketones is 1. The van der Waals surface area contributed by atoms with Crippen molar-refractivity contribution in [3.63, 3.8) is 0 Å². The van der Waals surface area contributed by atoms with Crippen molar-refractivity contribution in [2.75, 3.05) is 7.11 Å². The van der Waals surface area contributed by atoms with Gasteiger partial charge in [0.05, 0.1) is 0 Å². The maximum absolute atomic E-state index is 14.0. The second kappa shape index (κ2) is 3.79. The van der Waals surface area contributed by atoms with Crippen molar-refractivity contribution in [1.29, 1.82) is 0 Å². The number of hydrogen-bond acceptors (Lipinski definition) is 2. The molecule has 19 heavy (non-hydrogen) atoms. The van der Waals surface area contributed by atoms with Crippen LogP contribution in [0.5, 0.6) is 0 Å². The predicted molar refractivity (Wildman–Crippen MR) is 56.6 cm³/mol. The van der Waals surface area contributed by atoms with Crippen LogP contribution in [0.25, 0.3) is 0 Å². The average Bonchev–Trinajstić information content (AvgIpc) is 2.42. The fourth-order valence-corrected chi connectivity index (χ4v) is 3.26. The summed E-state index contributed by atoms with van der Waals surface area (Å²) in [6.07, 6.45) is 0.498. The molecule has 0 saturated heterocycles. The third-order valence-electron chi connectivity index (χ3n) is 4.19. The third-order valence-corrected chi connectivity index (χ3v) is 4.19. The normalized spacial score (nSPS) is 28.7. The van der Waals surface area contributed by atoms with Crippen LogP contribution in [0, 0.1) is 23.3 Å². The van der Waals surface area contributed by atoms with E-state index >= 15 is 0 Å². The molecule has 0 amide bonds. The number of benzene rings is 1. The van der Waals surface area contributed by atoms with Gasteiger partial charge in [0.15, 0.2) is 34.7 Å². The number of Topliss-reactive ketones (excluding diaryl/α,β-unsaturated/α-hetero) is 1. The topological polar surface area (TPSA) is 26.3 Å². The van der Waals surface area contributed by atoms with Crippen LogP contribution < -0.4 is 0 Å². The lowest BCUT2D eigenvalue weighted by Gasteiger charge is -2.45. The maximum atomic E-state index is 14.0. The summed E-state index contributed by atoms with van der Waals surface area (Å²) >= 11 is 0. The standard InChI is InChI=1S/C13H10F4O2/c1-19-13-3-2-5(4-6(13)18)7-8(13)10(15)12(17)11(16)9(7)14/h5H,2-4H2,1H3. The zero-order valence-corrected chi connectivity index (χ0v) is 10.0. The monoisotopic (exact) mass is 274 g/mol. The van der Waals surface area contributed by atoms with Crippen LogP contribution in [0.1, 0.15) is 36.3 Å². The summed E-state index contributed by atoms with van der Waals surface area (Å²) < 4.78 is 59.6. The molecule has 3 aliphatic carbocycles. The van der Waals surface area contributed by atoms with Gasteiger partial charge in [-0.2, -0.15) is 0 Å². The number of methoxy groups -OCH3 is 1. The average molecular weight is 274 g/mol. The van der Waals surface area contributed by atoms with Gasteiger partial charge >= 0.3 is 0 Å². The number of carbonyl (C=O) groups is 1. The smallest absolute Gasteiger partial charge is 0.197 e. The second-order valence-corrected chi connectivity index (χ2v) is 4.94. The Kier molecular flexibility index (Phi) is 2.51. The molecule has 1 fully saturated rings. The Hall–Kier alpha value is -1.43. The van der Waals surface area contributed by atoms with Crippen LogP contribution in [-0.2, 0) is 15.1 Å². The van der Waals surface area contributed by atoms with E-state index in [1.165, 1.54) is 7.11 Å². The van der Waals surface area contributed by atoms with Gasteiger partial charge in [0, 0.05) is 24.7 Å². The lowest BCUT2D eigenvalue weighted by atomic mass is 9.63. The van der Waals surface area contributed by atoms with Crippen LogP contribution in [0.2, 0.25) is 0 Å². The van der Waals surface area contributed by atoms with Crippen molar-refractivity contribution in [2.24, 2.45) is 0 Å². The van der Waals surface area contributed by atoms with E-state index in [0.717, 1.165) is 0 Å². The zero-order chi connectivity index (χ0) is 13.9. The van der Waals surface area contributed by atoms with Crippen LogP contribution >= 0.6 is 0 Å². The lowest BCUT2D eigenvalue weighted by molar-refractivity contribution is -0.150. The molecule has 6 heteroatoms. The van der Waals surface area contributed by atoms with E-state index in [0.29, 0.717) is 6.42 Å². The van der Waals surface area contributed by atoms with Crippen LogP contribution in [0.3, 0.4) is 0 Å². The number of hydrogen-bond donors (Lipinski definition) is 0. The van der Waals surface area contributed by atoms with E-state index in [1.54, 1.807) is 0 Å². The highest BCUT2D eigenvalue weighted by atomic mass is 19.2. The summed E-state index contributed by atoms with van der Waals surface area (Å²) in [4.78, 5) is 12.0. The maximum Gasteiger partial charge on any atom is 0.197 e. The molecule has 0 heterocycles. The Morgan fingerprint density at radius 2 is 1.74 bits per heavy atom. The molecule has 1 aromatic carbocycles. The summed E-state index contributed by atoms with van der Waals surface area (Å²) in [7, 11) is 1.19. The Labute approximate surface area is 106 Å². The molecule has 1 saturated carbocycles. The molecule has 2 unspecified atom stereocenters. The summed E-state index contributed by atoms with van der Waals surface area (Å²) in [6.45, 7) is 0. The fourth-order valence-electron chi connectivity index (χ4n) is 3.26. The third kappa shape index (κ3) is 1.32. The van der Waals surface area contributed by atoms with Crippen molar-refractivity contribution in [3.8, 4) is 0 Å². The molecule has 0 aromatic heterocycles. The fraction of sp³-hybridized carbons (Fsp3) is 0.462. The molecule has 3 aliphatic rings. The van der Waals surface area contributed by atoms with E-state index in [-0.39, 0.29) is 18.4 Å². The first-order valence-electron chi connectivity index (χ1n) is 5.88. The number of ether oxygens (including phenoxy) is 1. The van der Waals surface area contributed by atoms with Crippen molar-refractivity contribution in [2.45, 2.75) is 30.8 Å². The van der Waals surface area contributed by atoms with Gasteiger partial charge in [-0.15, -0.1) is 0 Å². The Balaban J connectivity index is 2.42. The quantitative estimate of drug-likeness (QED) is 0.447. The SMILES string of the molecule is COC12CCC(CC1=O)c1c(F)c(F)c(F)c(F)c12. The highest BCUT2D eigenvalue weighted by Gasteiger charge is 2.55. The molecule has 2 bridgehead atoms. The minimum absolute atomic E-state index is 0.0394. The molecule has 102 valence electrons. The number of fused-ring (bicyclic) bond motifs is 2. The Morgan fingerprint density at radius 3 is 2.32 bits per heavy atom. The minimum Gasteiger partial charge on any atom is -0.366 e. The van der Waals surface area contributed by atoms with E-state index in [1.807, 2.05) is 0 Å². The van der Waals surface area contributed by atoms with Crippen molar-refractivity contribution in [1.82, 2.24) is 0 Å². The highest BCUT2D eigenvalue weighted by molar-refractivity contribution is 5.92. The van der Waals surface area contributed by atoms with Gasteiger partial charge < -0.3 is 4.74 Å². The van der Waals surface area contributed by atoms with Crippen LogP contribution in [0.4, 0.5) is 17.6 Å². The first-order chi connectivity index (χ1) is 8.94. The Morgan fingerprint density at radius 1 is 1.11 bits per heavy atom. The molecular formula is C13H10F4O2. The van der Waals surface area contributed by atoms with Gasteiger partial charge in [0.2, 0.25) is 0 Å². The molecule has 0 aliphatic heterocycles. The summed E-state index contributed by atoms with van der Waals surface area (Å²) in [5.41, 5.74) is -2.38. The molecule has 0 radical (unpaired) electrons. The highest BCUT2D eigenvalue weighted by Crippen LogP contribution is 2.53. The molecule has 0 N–H and O–H groups in total. The molecule has 4 rings (SSSR count). The molecule has 0 spiro atoms. The van der Waals surface area contributed by atoms with Gasteiger partial charge in [0.1, 0.15) is 0 Å². The van der Waals surface area contributed by atoms with Gasteiger partial charge in [0.25, 0.3) is 0 Å². The Bertz CT molecular complexity index is 599. The van der Waals surface area contributed by atoms with E-state index in [4.69, 9.17) is 4.74 Å². The molecular weight excluding hydrogens is 264 g/mol. The van der Waals surface area contributed by atoms with Crippen molar-refractivity contribution in [3.05, 3.63) is 34.4 Å². The number of rotatable bonds is 1. The second-order valence-electron chi connectivity index (χ2n) is 4.94. The van der Waals surface area contributed by atoms with Gasteiger partial charge in [-0.1, -0.05) is 0 Å². The van der Waals surface area contributed by atoms with E-state index < -0.39 is 46.1 Å². The van der Waals surface area contributed by atoms with Crippen LogP contribution in [0.15, 0.2) is 0 Å². The summed E-state index contributed by atoms with van der Waals surface area (Å²) in [5.74, 6) is -7.68. The molecule has 2 nitrogen and oxygen atoms in total. The number of halogens is 4. The summed E-state index contributed by atoms with van der Waals surface area (Å²) in [5, 5.41) is 0. The van der Waals surface area contributed by atoms with Gasteiger partial charge in [-0.25, -0.2) is 17.6 Å². The first kappa shape index (κ1) is 12.6. The summed E-state index contributed by atoms with van der Waals surface area (Å²) in [6, 6.07) is 0. The predicted octanol–water partition coefficient (Wildman–Crippen LogP) is 2.93. The van der Waals surface area contributed by atoms with Crippen molar-refractivity contribution >= 4 is 5.78 Å². The van der Waals surface area contributed by atoms with Gasteiger partial charge in [-0.05, 0) is 18.8 Å². The molecule has 1 aromatic rings. The lowest BCUT2D eigenvalue weighted by Crippen LogP contribution is -2.49. The zero-order valence-electron chi connectivity index (χ0n) is 10.0. The number of carbonyl (C=O) groups excluding carboxylic acids is 1. The minimum atomic E-state index is -1.90. The molecule has 2 atom stereocenters. The van der Waals surface area contributed by atoms with Gasteiger partial charge in [-0.3, -0.25) is 4.79 Å². The first-order valence-corrected chi connectivity index (χ1v) is 5.88. The van der Waals surface area contributed by atoms with E-state index in [2.05, 4.69) is 0 Å².